The Morgan fingerprint density at radius 3 is 2.62 bits per heavy atom. The number of benzene rings is 1. The Kier molecular flexibility index (Phi) is 5.05. The summed E-state index contributed by atoms with van der Waals surface area (Å²) in [5.74, 6) is 1.40. The summed E-state index contributed by atoms with van der Waals surface area (Å²) < 4.78 is 5.20. The molecule has 0 radical (unpaired) electrons. The monoisotopic (exact) mass is 344 g/mol. The smallest absolute Gasteiger partial charge is 0.254 e. The molecule has 4 nitrogen and oxygen atoms in total. The van der Waals surface area contributed by atoms with Gasteiger partial charge in [-0.15, -0.1) is 0 Å². The van der Waals surface area contributed by atoms with Crippen molar-refractivity contribution in [2.24, 2.45) is 5.92 Å². The molecule has 5 heteroatoms. The molecule has 1 heterocycles. The number of hydrogen-bond donors (Lipinski definition) is 0. The number of hydrogen-bond acceptors (Lipinski definition) is 3. The lowest BCUT2D eigenvalue weighted by molar-refractivity contribution is 0.0654. The third kappa shape index (κ3) is 3.88. The highest BCUT2D eigenvalue weighted by Crippen LogP contribution is 2.36. The summed E-state index contributed by atoms with van der Waals surface area (Å²) in [4.78, 5) is 18.9. The molecule has 0 N–H and O–H groups in total. The van der Waals surface area contributed by atoms with E-state index in [1.54, 1.807) is 25.4 Å². The molecule has 1 saturated carbocycles. The van der Waals surface area contributed by atoms with Crippen LogP contribution in [0.15, 0.2) is 42.6 Å². The summed E-state index contributed by atoms with van der Waals surface area (Å²) in [7, 11) is 1.65. The number of aromatic nitrogens is 1. The number of amides is 1. The molecule has 1 amide bonds. The molecule has 1 fully saturated rings. The van der Waals surface area contributed by atoms with E-state index in [-0.39, 0.29) is 11.9 Å². The number of halogens is 1. The molecular weight excluding hydrogens is 324 g/mol. The van der Waals surface area contributed by atoms with Gasteiger partial charge in [-0.2, -0.15) is 0 Å². The molecular formula is C19H21ClN2O2. The lowest BCUT2D eigenvalue weighted by Crippen LogP contribution is -2.39. The molecule has 1 aromatic heterocycles. The molecule has 0 saturated heterocycles. The zero-order chi connectivity index (χ0) is 17.1. The Bertz CT molecular complexity index is 714. The van der Waals surface area contributed by atoms with Crippen molar-refractivity contribution in [2.75, 3.05) is 7.11 Å². The number of pyridine rings is 1. The van der Waals surface area contributed by atoms with Gasteiger partial charge in [0.1, 0.15) is 10.9 Å². The van der Waals surface area contributed by atoms with E-state index in [4.69, 9.17) is 16.3 Å². The third-order valence-electron chi connectivity index (χ3n) is 4.54. The topological polar surface area (TPSA) is 42.4 Å². The molecule has 24 heavy (non-hydrogen) atoms. The summed E-state index contributed by atoms with van der Waals surface area (Å²) in [5.41, 5.74) is 1.66. The van der Waals surface area contributed by atoms with Crippen LogP contribution in [0.2, 0.25) is 5.15 Å². The van der Waals surface area contributed by atoms with E-state index < -0.39 is 0 Å². The Balaban J connectivity index is 1.83. The van der Waals surface area contributed by atoms with Gasteiger partial charge in [-0.3, -0.25) is 4.79 Å². The van der Waals surface area contributed by atoms with Gasteiger partial charge in [-0.05, 0) is 55.5 Å². The summed E-state index contributed by atoms with van der Waals surface area (Å²) in [6.45, 7) is 2.70. The molecule has 2 aromatic rings. The van der Waals surface area contributed by atoms with Crippen LogP contribution in [-0.4, -0.2) is 28.9 Å². The summed E-state index contributed by atoms with van der Waals surface area (Å²) >= 11 is 5.95. The van der Waals surface area contributed by atoms with Crippen LogP contribution in [-0.2, 0) is 6.54 Å². The fourth-order valence-electron chi connectivity index (χ4n) is 2.86. The van der Waals surface area contributed by atoms with E-state index in [0.29, 0.717) is 23.2 Å². The minimum absolute atomic E-state index is 0.00508. The maximum Gasteiger partial charge on any atom is 0.254 e. The van der Waals surface area contributed by atoms with Crippen molar-refractivity contribution < 1.29 is 9.53 Å². The molecule has 0 bridgehead atoms. The summed E-state index contributed by atoms with van der Waals surface area (Å²) in [5, 5.41) is 0.337. The quantitative estimate of drug-likeness (QED) is 0.738. The first-order valence-electron chi connectivity index (χ1n) is 8.14. The van der Waals surface area contributed by atoms with Crippen molar-refractivity contribution in [3.63, 3.8) is 0 Å². The van der Waals surface area contributed by atoms with Crippen LogP contribution < -0.4 is 4.74 Å². The average molecular weight is 345 g/mol. The van der Waals surface area contributed by atoms with Gasteiger partial charge < -0.3 is 9.64 Å². The number of rotatable bonds is 6. The average Bonchev–Trinajstić information content (AvgIpc) is 3.44. The van der Waals surface area contributed by atoms with E-state index in [9.17, 15) is 4.79 Å². The SMILES string of the molecule is COc1ccc(CN(C(=O)c2ccnc(Cl)c2)C(C)C2CC2)cc1. The number of carbonyl (C=O) groups is 1. The first kappa shape index (κ1) is 16.8. The largest absolute Gasteiger partial charge is 0.497 e. The van der Waals surface area contributed by atoms with Crippen molar-refractivity contribution in [1.82, 2.24) is 9.88 Å². The molecule has 1 atom stereocenters. The van der Waals surface area contributed by atoms with Crippen molar-refractivity contribution in [3.05, 3.63) is 58.9 Å². The number of carbonyl (C=O) groups excluding carboxylic acids is 1. The fraction of sp³-hybridized carbons (Fsp3) is 0.368. The molecule has 1 aliphatic carbocycles. The van der Waals surface area contributed by atoms with Gasteiger partial charge >= 0.3 is 0 Å². The third-order valence-corrected chi connectivity index (χ3v) is 4.75. The molecule has 1 aromatic carbocycles. The summed E-state index contributed by atoms with van der Waals surface area (Å²) in [6, 6.07) is 11.4. The molecule has 1 aliphatic rings. The fourth-order valence-corrected chi connectivity index (χ4v) is 3.04. The highest BCUT2D eigenvalue weighted by molar-refractivity contribution is 6.29. The molecule has 0 aliphatic heterocycles. The first-order chi connectivity index (χ1) is 11.6. The first-order valence-corrected chi connectivity index (χ1v) is 8.51. The number of methoxy groups -OCH3 is 1. The van der Waals surface area contributed by atoms with Crippen molar-refractivity contribution in [3.8, 4) is 5.75 Å². The Morgan fingerprint density at radius 2 is 2.04 bits per heavy atom. The molecule has 3 rings (SSSR count). The van der Waals surface area contributed by atoms with Gasteiger partial charge in [0.2, 0.25) is 0 Å². The van der Waals surface area contributed by atoms with Crippen LogP contribution in [0.4, 0.5) is 0 Å². The maximum atomic E-state index is 13.0. The van der Waals surface area contributed by atoms with Crippen LogP contribution in [0.5, 0.6) is 5.75 Å². The Morgan fingerprint density at radius 1 is 1.33 bits per heavy atom. The predicted molar refractivity (Wildman–Crippen MR) is 94.3 cm³/mol. The van der Waals surface area contributed by atoms with E-state index in [1.165, 1.54) is 12.8 Å². The van der Waals surface area contributed by atoms with Gasteiger partial charge in [0.25, 0.3) is 5.91 Å². The second-order valence-electron chi connectivity index (χ2n) is 6.23. The van der Waals surface area contributed by atoms with Gasteiger partial charge in [0.15, 0.2) is 0 Å². The van der Waals surface area contributed by atoms with Gasteiger partial charge in [-0.1, -0.05) is 23.7 Å². The molecule has 0 spiro atoms. The van der Waals surface area contributed by atoms with Gasteiger partial charge in [0.05, 0.1) is 7.11 Å². The molecule has 126 valence electrons. The minimum Gasteiger partial charge on any atom is -0.497 e. The normalized spacial score (nSPS) is 15.0. The van der Waals surface area contributed by atoms with Crippen LogP contribution in [0.3, 0.4) is 0 Å². The second kappa shape index (κ2) is 7.22. The van der Waals surface area contributed by atoms with Gasteiger partial charge in [-0.25, -0.2) is 4.98 Å². The number of nitrogens with zero attached hydrogens (tertiary/aromatic N) is 2. The van der Waals surface area contributed by atoms with E-state index in [2.05, 4.69) is 11.9 Å². The van der Waals surface area contributed by atoms with Crippen molar-refractivity contribution in [2.45, 2.75) is 32.4 Å². The van der Waals surface area contributed by atoms with Crippen molar-refractivity contribution >= 4 is 17.5 Å². The van der Waals surface area contributed by atoms with Crippen molar-refractivity contribution in [1.29, 1.82) is 0 Å². The van der Waals surface area contributed by atoms with Crippen LogP contribution >= 0.6 is 11.6 Å². The zero-order valence-electron chi connectivity index (χ0n) is 13.9. The highest BCUT2D eigenvalue weighted by atomic mass is 35.5. The van der Waals surface area contributed by atoms with E-state index in [0.717, 1.165) is 11.3 Å². The van der Waals surface area contributed by atoms with Crippen LogP contribution in [0.1, 0.15) is 35.7 Å². The predicted octanol–water partition coefficient (Wildman–Crippen LogP) is 4.18. The van der Waals surface area contributed by atoms with Gasteiger partial charge in [0, 0.05) is 24.3 Å². The highest BCUT2D eigenvalue weighted by Gasteiger charge is 2.34. The van der Waals surface area contributed by atoms with E-state index >= 15 is 0 Å². The number of ether oxygens (including phenoxy) is 1. The minimum atomic E-state index is -0.00508. The van der Waals surface area contributed by atoms with Crippen LogP contribution in [0.25, 0.3) is 0 Å². The zero-order valence-corrected chi connectivity index (χ0v) is 14.7. The maximum absolute atomic E-state index is 13.0. The Labute approximate surface area is 147 Å². The van der Waals surface area contributed by atoms with Crippen LogP contribution in [0, 0.1) is 5.92 Å². The summed E-state index contributed by atoms with van der Waals surface area (Å²) in [6.07, 6.45) is 3.94. The standard InChI is InChI=1S/C19H21ClN2O2/c1-13(15-5-6-15)22(12-14-3-7-17(24-2)8-4-14)19(23)16-9-10-21-18(20)11-16/h3-4,7-11,13,15H,5-6,12H2,1-2H3. The lowest BCUT2D eigenvalue weighted by Gasteiger charge is -2.30. The Hall–Kier alpha value is -2.07. The second-order valence-corrected chi connectivity index (χ2v) is 6.61. The van der Waals surface area contributed by atoms with E-state index in [1.807, 2.05) is 29.2 Å². The molecule has 1 unspecified atom stereocenters. The lowest BCUT2D eigenvalue weighted by atomic mass is 10.1.